The number of oxime groups is 1. The van der Waals surface area contributed by atoms with Gasteiger partial charge in [0.15, 0.2) is 5.84 Å². The number of nitrogens with two attached hydrogens (primary N) is 1. The normalized spacial score (nSPS) is 11.4. The van der Waals surface area contributed by atoms with Crippen LogP contribution in [-0.4, -0.2) is 18.1 Å². The number of nitrogens with zero attached hydrogens (tertiary/aromatic N) is 2. The summed E-state index contributed by atoms with van der Waals surface area (Å²) in [5.74, 6) is -0.226. The molecule has 0 bridgehead atoms. The van der Waals surface area contributed by atoms with Gasteiger partial charge in [0.05, 0.1) is 5.69 Å². The molecule has 0 saturated carbocycles. The van der Waals surface area contributed by atoms with Crippen molar-refractivity contribution in [2.24, 2.45) is 10.9 Å². The van der Waals surface area contributed by atoms with Crippen LogP contribution in [0.5, 0.6) is 0 Å². The Balaban J connectivity index is 2.40. The Labute approximate surface area is 116 Å². The molecule has 0 aliphatic heterocycles. The van der Waals surface area contributed by atoms with Gasteiger partial charge in [-0.3, -0.25) is 0 Å². The summed E-state index contributed by atoms with van der Waals surface area (Å²) in [5.41, 5.74) is 8.39. The highest BCUT2D eigenvalue weighted by Gasteiger charge is 2.11. The van der Waals surface area contributed by atoms with Gasteiger partial charge in [0.25, 0.3) is 0 Å². The Bertz CT molecular complexity index is 655. The molecule has 20 heavy (non-hydrogen) atoms. The van der Waals surface area contributed by atoms with E-state index < -0.39 is 0 Å². The summed E-state index contributed by atoms with van der Waals surface area (Å²) in [7, 11) is 1.79. The maximum absolute atomic E-state index is 13.8. The number of aryl methyl sites for hydroxylation is 1. The number of benzene rings is 2. The predicted octanol–water partition coefficient (Wildman–Crippen LogP) is 3.00. The topological polar surface area (TPSA) is 61.8 Å². The fourth-order valence-corrected chi connectivity index (χ4v) is 2.06. The second kappa shape index (κ2) is 5.61. The monoisotopic (exact) mass is 273 g/mol. The lowest BCUT2D eigenvalue weighted by molar-refractivity contribution is 0.318. The zero-order valence-corrected chi connectivity index (χ0v) is 11.3. The third-order valence-electron chi connectivity index (χ3n) is 3.19. The maximum Gasteiger partial charge on any atom is 0.170 e. The van der Waals surface area contributed by atoms with Crippen molar-refractivity contribution in [1.82, 2.24) is 0 Å². The second-order valence-electron chi connectivity index (χ2n) is 4.49. The van der Waals surface area contributed by atoms with Crippen LogP contribution in [0.25, 0.3) is 0 Å². The number of halogens is 1. The van der Waals surface area contributed by atoms with Crippen molar-refractivity contribution in [3.63, 3.8) is 0 Å². The molecule has 0 spiro atoms. The molecule has 0 atom stereocenters. The number of hydrogen-bond donors (Lipinski definition) is 2. The first kappa shape index (κ1) is 13.9. The van der Waals surface area contributed by atoms with Crippen LogP contribution in [0.3, 0.4) is 0 Å². The summed E-state index contributed by atoms with van der Waals surface area (Å²) in [6.45, 7) is 1.85. The van der Waals surface area contributed by atoms with E-state index in [0.29, 0.717) is 11.3 Å². The number of rotatable bonds is 3. The lowest BCUT2D eigenvalue weighted by atomic mass is 10.1. The molecule has 0 fully saturated rings. The summed E-state index contributed by atoms with van der Waals surface area (Å²) >= 11 is 0. The maximum atomic E-state index is 13.8. The van der Waals surface area contributed by atoms with E-state index in [2.05, 4.69) is 5.16 Å². The Morgan fingerprint density at radius 2 is 1.95 bits per heavy atom. The van der Waals surface area contributed by atoms with Gasteiger partial charge in [-0.05, 0) is 42.8 Å². The van der Waals surface area contributed by atoms with Gasteiger partial charge in [-0.2, -0.15) is 0 Å². The number of para-hydroxylation sites is 1. The van der Waals surface area contributed by atoms with Crippen molar-refractivity contribution in [1.29, 1.82) is 0 Å². The second-order valence-corrected chi connectivity index (χ2v) is 4.49. The van der Waals surface area contributed by atoms with E-state index in [1.165, 1.54) is 6.07 Å². The van der Waals surface area contributed by atoms with Crippen molar-refractivity contribution in [3.8, 4) is 0 Å². The summed E-state index contributed by atoms with van der Waals surface area (Å²) < 4.78 is 13.8. The van der Waals surface area contributed by atoms with Crippen LogP contribution in [0, 0.1) is 12.7 Å². The van der Waals surface area contributed by atoms with E-state index in [0.717, 1.165) is 11.3 Å². The fraction of sp³-hybridized carbons (Fsp3) is 0.133. The van der Waals surface area contributed by atoms with Crippen molar-refractivity contribution >= 4 is 17.2 Å². The lowest BCUT2D eigenvalue weighted by Crippen LogP contribution is -2.16. The first-order chi connectivity index (χ1) is 9.54. The third-order valence-corrected chi connectivity index (χ3v) is 3.19. The van der Waals surface area contributed by atoms with Gasteiger partial charge in [0, 0.05) is 18.3 Å². The molecule has 0 aromatic heterocycles. The SMILES string of the molecule is Cc1cc(N(C)c2ccccc2F)ccc1/C(N)=N/O. The molecular weight excluding hydrogens is 257 g/mol. The van der Waals surface area contributed by atoms with Gasteiger partial charge in [-0.25, -0.2) is 4.39 Å². The van der Waals surface area contributed by atoms with Crippen LogP contribution < -0.4 is 10.6 Å². The van der Waals surface area contributed by atoms with Crippen LogP contribution in [0.1, 0.15) is 11.1 Å². The van der Waals surface area contributed by atoms with E-state index in [1.807, 2.05) is 13.0 Å². The average molecular weight is 273 g/mol. The Morgan fingerprint density at radius 1 is 1.25 bits per heavy atom. The van der Waals surface area contributed by atoms with Gasteiger partial charge < -0.3 is 15.8 Å². The molecule has 0 unspecified atom stereocenters. The molecule has 104 valence electrons. The molecule has 0 radical (unpaired) electrons. The Hall–Kier alpha value is -2.56. The highest BCUT2D eigenvalue weighted by Crippen LogP contribution is 2.27. The van der Waals surface area contributed by atoms with Crippen LogP contribution in [-0.2, 0) is 0 Å². The number of anilines is 2. The molecule has 3 N–H and O–H groups in total. The molecule has 2 rings (SSSR count). The van der Waals surface area contributed by atoms with Gasteiger partial charge in [0.2, 0.25) is 0 Å². The summed E-state index contributed by atoms with van der Waals surface area (Å²) in [5, 5.41) is 11.7. The fourth-order valence-electron chi connectivity index (χ4n) is 2.06. The molecule has 4 nitrogen and oxygen atoms in total. The molecule has 0 aliphatic rings. The molecule has 5 heteroatoms. The summed E-state index contributed by atoms with van der Waals surface area (Å²) in [6.07, 6.45) is 0. The summed E-state index contributed by atoms with van der Waals surface area (Å²) in [6, 6.07) is 12.0. The smallest absolute Gasteiger partial charge is 0.170 e. The number of amidine groups is 1. The zero-order chi connectivity index (χ0) is 14.7. The minimum atomic E-state index is -0.284. The van der Waals surface area contributed by atoms with Crippen molar-refractivity contribution < 1.29 is 9.60 Å². The highest BCUT2D eigenvalue weighted by atomic mass is 19.1. The van der Waals surface area contributed by atoms with E-state index >= 15 is 0 Å². The van der Waals surface area contributed by atoms with Crippen LogP contribution >= 0.6 is 0 Å². The van der Waals surface area contributed by atoms with Gasteiger partial charge in [0.1, 0.15) is 5.82 Å². The largest absolute Gasteiger partial charge is 0.409 e. The first-order valence-corrected chi connectivity index (χ1v) is 6.11. The Kier molecular flexibility index (Phi) is 3.89. The van der Waals surface area contributed by atoms with Gasteiger partial charge >= 0.3 is 0 Å². The molecule has 0 aliphatic carbocycles. The van der Waals surface area contributed by atoms with E-state index in [9.17, 15) is 4.39 Å². The molecule has 0 amide bonds. The minimum absolute atomic E-state index is 0.0580. The number of hydrogen-bond acceptors (Lipinski definition) is 3. The lowest BCUT2D eigenvalue weighted by Gasteiger charge is -2.21. The summed E-state index contributed by atoms with van der Waals surface area (Å²) in [4.78, 5) is 1.75. The van der Waals surface area contributed by atoms with Crippen molar-refractivity contribution in [2.45, 2.75) is 6.92 Å². The van der Waals surface area contributed by atoms with Crippen LogP contribution in [0.15, 0.2) is 47.6 Å². The van der Waals surface area contributed by atoms with Gasteiger partial charge in [-0.15, -0.1) is 0 Å². The highest BCUT2D eigenvalue weighted by molar-refractivity contribution is 5.98. The third kappa shape index (κ3) is 2.56. The van der Waals surface area contributed by atoms with Crippen LogP contribution in [0.2, 0.25) is 0 Å². The van der Waals surface area contributed by atoms with Gasteiger partial charge in [-0.1, -0.05) is 17.3 Å². The van der Waals surface area contributed by atoms with E-state index in [-0.39, 0.29) is 11.7 Å². The zero-order valence-electron chi connectivity index (χ0n) is 11.3. The van der Waals surface area contributed by atoms with E-state index in [1.54, 1.807) is 42.3 Å². The molecule has 0 heterocycles. The molecule has 2 aromatic rings. The molecular formula is C15H16FN3O. The average Bonchev–Trinajstić information content (AvgIpc) is 2.46. The van der Waals surface area contributed by atoms with Crippen LogP contribution in [0.4, 0.5) is 15.8 Å². The molecule has 2 aromatic carbocycles. The quantitative estimate of drug-likeness (QED) is 0.391. The predicted molar refractivity (Wildman–Crippen MR) is 78.2 cm³/mol. The molecule has 0 saturated heterocycles. The first-order valence-electron chi connectivity index (χ1n) is 6.11. The van der Waals surface area contributed by atoms with Crippen molar-refractivity contribution in [3.05, 3.63) is 59.4 Å². The van der Waals surface area contributed by atoms with E-state index in [4.69, 9.17) is 10.9 Å². The standard InChI is InChI=1S/C15H16FN3O/c1-10-9-11(7-8-12(10)15(17)18-20)19(2)14-6-4-3-5-13(14)16/h3-9,20H,1-2H3,(H2,17,18). The Morgan fingerprint density at radius 3 is 2.55 bits per heavy atom. The van der Waals surface area contributed by atoms with Crippen molar-refractivity contribution in [2.75, 3.05) is 11.9 Å². The minimum Gasteiger partial charge on any atom is -0.409 e.